The van der Waals surface area contributed by atoms with Crippen molar-refractivity contribution in [3.05, 3.63) is 27.3 Å². The third kappa shape index (κ3) is 2.90. The van der Waals surface area contributed by atoms with Crippen LogP contribution in [-0.4, -0.2) is 41.1 Å². The van der Waals surface area contributed by atoms with Crippen molar-refractivity contribution in [2.45, 2.75) is 37.6 Å². The highest BCUT2D eigenvalue weighted by atomic mass is 127. The van der Waals surface area contributed by atoms with E-state index in [0.717, 1.165) is 36.0 Å². The molecule has 5 heteroatoms. The molecule has 0 unspecified atom stereocenters. The number of amides is 1. The SMILES string of the molecule is O=C(c1ccc(I)c(O)c1)N1CCNCC12CCCCC2. The Kier molecular flexibility index (Phi) is 4.40. The van der Waals surface area contributed by atoms with Gasteiger partial charge in [-0.05, 0) is 53.6 Å². The van der Waals surface area contributed by atoms with Crippen molar-refractivity contribution >= 4 is 28.5 Å². The molecule has 1 aromatic carbocycles. The number of aromatic hydroxyl groups is 1. The summed E-state index contributed by atoms with van der Waals surface area (Å²) in [6, 6.07) is 5.23. The van der Waals surface area contributed by atoms with Gasteiger partial charge in [-0.25, -0.2) is 0 Å². The van der Waals surface area contributed by atoms with Crippen LogP contribution >= 0.6 is 22.6 Å². The lowest BCUT2D eigenvalue weighted by Crippen LogP contribution is -2.63. The number of phenols is 1. The van der Waals surface area contributed by atoms with Gasteiger partial charge in [0.1, 0.15) is 5.75 Å². The van der Waals surface area contributed by atoms with E-state index in [2.05, 4.69) is 32.8 Å². The lowest BCUT2D eigenvalue weighted by molar-refractivity contribution is 0.0222. The lowest BCUT2D eigenvalue weighted by Gasteiger charge is -2.49. The Morgan fingerprint density at radius 3 is 2.76 bits per heavy atom. The zero-order valence-electron chi connectivity index (χ0n) is 12.1. The van der Waals surface area contributed by atoms with Gasteiger partial charge in [0, 0.05) is 25.2 Å². The van der Waals surface area contributed by atoms with Gasteiger partial charge in [-0.15, -0.1) is 0 Å². The van der Waals surface area contributed by atoms with E-state index in [-0.39, 0.29) is 17.2 Å². The average molecular weight is 400 g/mol. The molecular weight excluding hydrogens is 379 g/mol. The number of benzene rings is 1. The normalized spacial score (nSPS) is 21.5. The molecule has 2 aliphatic rings. The van der Waals surface area contributed by atoms with Crippen molar-refractivity contribution in [1.29, 1.82) is 0 Å². The summed E-state index contributed by atoms with van der Waals surface area (Å²) in [6.45, 7) is 2.50. The molecule has 1 aliphatic carbocycles. The highest BCUT2D eigenvalue weighted by Crippen LogP contribution is 2.36. The van der Waals surface area contributed by atoms with Crippen molar-refractivity contribution in [3.63, 3.8) is 0 Å². The summed E-state index contributed by atoms with van der Waals surface area (Å²) in [5.41, 5.74) is 0.575. The van der Waals surface area contributed by atoms with Gasteiger partial charge in [0.25, 0.3) is 5.91 Å². The molecule has 2 N–H and O–H groups in total. The van der Waals surface area contributed by atoms with Crippen LogP contribution in [0.2, 0.25) is 0 Å². The summed E-state index contributed by atoms with van der Waals surface area (Å²) in [7, 11) is 0. The first-order valence-corrected chi connectivity index (χ1v) is 8.71. The topological polar surface area (TPSA) is 52.6 Å². The maximum absolute atomic E-state index is 12.9. The van der Waals surface area contributed by atoms with Crippen LogP contribution in [0.3, 0.4) is 0 Å². The Morgan fingerprint density at radius 2 is 2.05 bits per heavy atom. The summed E-state index contributed by atoms with van der Waals surface area (Å²) in [6.07, 6.45) is 5.84. The Balaban J connectivity index is 1.88. The fourth-order valence-electron chi connectivity index (χ4n) is 3.62. The Morgan fingerprint density at radius 1 is 1.29 bits per heavy atom. The van der Waals surface area contributed by atoms with Gasteiger partial charge in [0.15, 0.2) is 0 Å². The molecule has 3 rings (SSSR count). The molecule has 1 spiro atoms. The van der Waals surface area contributed by atoms with E-state index in [1.807, 2.05) is 6.07 Å². The minimum Gasteiger partial charge on any atom is -0.507 e. The molecule has 4 nitrogen and oxygen atoms in total. The van der Waals surface area contributed by atoms with E-state index in [0.29, 0.717) is 5.56 Å². The standard InChI is InChI=1S/C16H21IN2O2/c17-13-5-4-12(10-14(13)20)15(21)19-9-8-18-11-16(19)6-2-1-3-7-16/h4-5,10,18,20H,1-3,6-9,11H2. The molecule has 0 bridgehead atoms. The zero-order valence-corrected chi connectivity index (χ0v) is 14.2. The van der Waals surface area contributed by atoms with E-state index in [9.17, 15) is 9.90 Å². The first-order chi connectivity index (χ1) is 10.1. The molecule has 0 atom stereocenters. The first-order valence-electron chi connectivity index (χ1n) is 7.64. The maximum atomic E-state index is 12.9. The van der Waals surface area contributed by atoms with E-state index < -0.39 is 0 Å². The van der Waals surface area contributed by atoms with Crippen molar-refractivity contribution in [2.24, 2.45) is 0 Å². The number of rotatable bonds is 1. The molecule has 2 fully saturated rings. The van der Waals surface area contributed by atoms with Crippen molar-refractivity contribution in [1.82, 2.24) is 10.2 Å². The molecule has 1 aliphatic heterocycles. The fourth-order valence-corrected chi connectivity index (χ4v) is 3.96. The number of hydrogen-bond acceptors (Lipinski definition) is 3. The van der Waals surface area contributed by atoms with E-state index >= 15 is 0 Å². The maximum Gasteiger partial charge on any atom is 0.254 e. The molecule has 114 valence electrons. The van der Waals surface area contributed by atoms with Crippen LogP contribution in [0.5, 0.6) is 5.75 Å². The summed E-state index contributed by atoms with van der Waals surface area (Å²) in [4.78, 5) is 15.0. The number of nitrogens with one attached hydrogen (secondary N) is 1. The van der Waals surface area contributed by atoms with Gasteiger partial charge in [0.2, 0.25) is 0 Å². The summed E-state index contributed by atoms with van der Waals surface area (Å²) >= 11 is 2.07. The molecule has 0 radical (unpaired) electrons. The first kappa shape index (κ1) is 15.1. The Bertz CT molecular complexity index is 533. The van der Waals surface area contributed by atoms with Crippen molar-refractivity contribution in [2.75, 3.05) is 19.6 Å². The van der Waals surface area contributed by atoms with E-state index in [1.54, 1.807) is 12.1 Å². The second-order valence-electron chi connectivity index (χ2n) is 6.08. The summed E-state index contributed by atoms with van der Waals surface area (Å²) in [5, 5.41) is 13.3. The van der Waals surface area contributed by atoms with Crippen LogP contribution in [0.15, 0.2) is 18.2 Å². The lowest BCUT2D eigenvalue weighted by atomic mass is 9.78. The number of carbonyl (C=O) groups is 1. The Hall–Kier alpha value is -0.820. The van der Waals surface area contributed by atoms with Crippen LogP contribution in [-0.2, 0) is 0 Å². The molecule has 21 heavy (non-hydrogen) atoms. The molecule has 1 saturated heterocycles. The van der Waals surface area contributed by atoms with Gasteiger partial charge in [-0.2, -0.15) is 0 Å². The average Bonchev–Trinajstić information content (AvgIpc) is 2.51. The van der Waals surface area contributed by atoms with Crippen LogP contribution in [0.25, 0.3) is 0 Å². The minimum absolute atomic E-state index is 0.0216. The quantitative estimate of drug-likeness (QED) is 0.713. The highest BCUT2D eigenvalue weighted by molar-refractivity contribution is 14.1. The number of nitrogens with zero attached hydrogens (tertiary/aromatic N) is 1. The fraction of sp³-hybridized carbons (Fsp3) is 0.562. The monoisotopic (exact) mass is 400 g/mol. The highest BCUT2D eigenvalue weighted by Gasteiger charge is 2.42. The summed E-state index contributed by atoms with van der Waals surface area (Å²) < 4.78 is 0.775. The third-order valence-corrected chi connectivity index (χ3v) is 5.67. The molecular formula is C16H21IN2O2. The number of halogens is 1. The van der Waals surface area contributed by atoms with Crippen LogP contribution in [0, 0.1) is 3.57 Å². The largest absolute Gasteiger partial charge is 0.507 e. The smallest absolute Gasteiger partial charge is 0.254 e. The van der Waals surface area contributed by atoms with Gasteiger partial charge in [-0.3, -0.25) is 4.79 Å². The second-order valence-corrected chi connectivity index (χ2v) is 7.25. The minimum atomic E-state index is -0.0216. The molecule has 1 heterocycles. The zero-order chi connectivity index (χ0) is 14.9. The molecule has 1 amide bonds. The van der Waals surface area contributed by atoms with E-state index in [1.165, 1.54) is 19.3 Å². The molecule has 0 aromatic heterocycles. The predicted molar refractivity (Wildman–Crippen MR) is 90.5 cm³/mol. The van der Waals surface area contributed by atoms with Crippen LogP contribution < -0.4 is 5.32 Å². The molecule has 1 aromatic rings. The molecule has 1 saturated carbocycles. The number of phenolic OH excluding ortho intramolecular Hbond substituents is 1. The van der Waals surface area contributed by atoms with E-state index in [4.69, 9.17) is 0 Å². The number of carbonyl (C=O) groups excluding carboxylic acids is 1. The predicted octanol–water partition coefficient (Wildman–Crippen LogP) is 2.75. The van der Waals surface area contributed by atoms with Crippen LogP contribution in [0.1, 0.15) is 42.5 Å². The number of hydrogen-bond donors (Lipinski definition) is 2. The number of piperazine rings is 1. The van der Waals surface area contributed by atoms with Crippen molar-refractivity contribution < 1.29 is 9.90 Å². The van der Waals surface area contributed by atoms with Gasteiger partial charge >= 0.3 is 0 Å². The second kappa shape index (κ2) is 6.12. The van der Waals surface area contributed by atoms with Gasteiger partial charge < -0.3 is 15.3 Å². The van der Waals surface area contributed by atoms with Gasteiger partial charge in [-0.1, -0.05) is 19.3 Å². The van der Waals surface area contributed by atoms with Gasteiger partial charge in [0.05, 0.1) is 9.11 Å². The van der Waals surface area contributed by atoms with Crippen molar-refractivity contribution in [3.8, 4) is 5.75 Å². The summed E-state index contributed by atoms with van der Waals surface area (Å²) in [5.74, 6) is 0.249. The third-order valence-electron chi connectivity index (χ3n) is 4.76. The Labute approximate surface area is 139 Å². The van der Waals surface area contributed by atoms with Crippen LogP contribution in [0.4, 0.5) is 0 Å².